The zero-order chi connectivity index (χ0) is 22.1. The molecule has 1 aliphatic rings. The number of hydrogen-bond acceptors (Lipinski definition) is 4. The van der Waals surface area contributed by atoms with E-state index in [-0.39, 0.29) is 16.5 Å². The summed E-state index contributed by atoms with van der Waals surface area (Å²) in [6.07, 6.45) is 0. The fraction of sp³-hybridized carbons (Fsp3) is 0.200. The summed E-state index contributed by atoms with van der Waals surface area (Å²) >= 11 is 6.05. The van der Waals surface area contributed by atoms with E-state index in [9.17, 15) is 23.6 Å². The van der Waals surface area contributed by atoms with Crippen molar-refractivity contribution in [1.29, 1.82) is 0 Å². The van der Waals surface area contributed by atoms with Gasteiger partial charge in [0.15, 0.2) is 0 Å². The van der Waals surface area contributed by atoms with Gasteiger partial charge in [-0.2, -0.15) is 0 Å². The van der Waals surface area contributed by atoms with E-state index in [2.05, 4.69) is 16.0 Å². The van der Waals surface area contributed by atoms with E-state index in [4.69, 9.17) is 11.6 Å². The van der Waals surface area contributed by atoms with Crippen molar-refractivity contribution < 1.29 is 23.6 Å². The number of carbonyl (C=O) groups excluding carboxylic acids is 4. The van der Waals surface area contributed by atoms with Crippen molar-refractivity contribution in [2.45, 2.75) is 19.4 Å². The van der Waals surface area contributed by atoms with E-state index in [0.717, 1.165) is 17.0 Å². The largest absolute Gasteiger partial charge is 0.326 e. The molecule has 1 unspecified atom stereocenters. The Hall–Kier alpha value is -3.46. The summed E-state index contributed by atoms with van der Waals surface area (Å²) in [7, 11) is 0. The summed E-state index contributed by atoms with van der Waals surface area (Å²) in [5.74, 6) is -2.09. The number of anilines is 2. The Balaban J connectivity index is 1.70. The molecule has 2 aromatic carbocycles. The Bertz CT molecular complexity index is 1040. The van der Waals surface area contributed by atoms with E-state index >= 15 is 0 Å². The topological polar surface area (TPSA) is 108 Å². The first-order valence-electron chi connectivity index (χ1n) is 8.87. The van der Waals surface area contributed by atoms with Gasteiger partial charge in [-0.15, -0.1) is 0 Å². The number of nitrogens with zero attached hydrogens (tertiary/aromatic N) is 1. The number of nitrogens with one attached hydrogen (secondary N) is 3. The van der Waals surface area contributed by atoms with Gasteiger partial charge in [0.2, 0.25) is 11.8 Å². The van der Waals surface area contributed by atoms with Crippen molar-refractivity contribution in [3.8, 4) is 0 Å². The van der Waals surface area contributed by atoms with Crippen molar-refractivity contribution in [1.82, 2.24) is 10.2 Å². The van der Waals surface area contributed by atoms with Gasteiger partial charge < -0.3 is 16.0 Å². The minimum absolute atomic E-state index is 0.0169. The number of amides is 5. The van der Waals surface area contributed by atoms with Gasteiger partial charge in [0.1, 0.15) is 17.9 Å². The van der Waals surface area contributed by atoms with Gasteiger partial charge in [0, 0.05) is 28.9 Å². The molecule has 1 aliphatic heterocycles. The molecule has 0 aliphatic carbocycles. The van der Waals surface area contributed by atoms with Crippen LogP contribution in [-0.2, 0) is 19.9 Å². The van der Waals surface area contributed by atoms with Crippen LogP contribution >= 0.6 is 11.6 Å². The van der Waals surface area contributed by atoms with Gasteiger partial charge in [-0.05, 0) is 43.3 Å². The lowest BCUT2D eigenvalue weighted by molar-refractivity contribution is -0.133. The van der Waals surface area contributed by atoms with Crippen LogP contribution in [0.4, 0.5) is 20.6 Å². The van der Waals surface area contributed by atoms with Crippen molar-refractivity contribution in [2.24, 2.45) is 0 Å². The van der Waals surface area contributed by atoms with Crippen LogP contribution in [0.1, 0.15) is 19.4 Å². The summed E-state index contributed by atoms with van der Waals surface area (Å²) in [5, 5.41) is 7.67. The summed E-state index contributed by atoms with van der Waals surface area (Å²) in [4.78, 5) is 49.4. The van der Waals surface area contributed by atoms with Crippen LogP contribution in [0.2, 0.25) is 5.02 Å². The lowest BCUT2D eigenvalue weighted by Gasteiger charge is -2.23. The van der Waals surface area contributed by atoms with Crippen molar-refractivity contribution >= 4 is 46.7 Å². The average Bonchev–Trinajstić information content (AvgIpc) is 2.86. The molecule has 156 valence electrons. The van der Waals surface area contributed by atoms with Crippen LogP contribution in [0.25, 0.3) is 0 Å². The Kier molecular flexibility index (Phi) is 5.75. The van der Waals surface area contributed by atoms with Crippen LogP contribution in [0, 0.1) is 5.82 Å². The quantitative estimate of drug-likeness (QED) is 0.631. The second-order valence-corrected chi connectivity index (χ2v) is 7.28. The van der Waals surface area contributed by atoms with Gasteiger partial charge in [0.25, 0.3) is 5.91 Å². The maximum Gasteiger partial charge on any atom is 0.325 e. The van der Waals surface area contributed by atoms with Crippen molar-refractivity contribution in [3.63, 3.8) is 0 Å². The van der Waals surface area contributed by atoms with E-state index in [1.807, 2.05) is 0 Å². The monoisotopic (exact) mass is 432 g/mol. The highest BCUT2D eigenvalue weighted by Gasteiger charge is 2.50. The lowest BCUT2D eigenvalue weighted by Crippen LogP contribution is -2.42. The van der Waals surface area contributed by atoms with E-state index in [0.29, 0.717) is 11.4 Å². The Morgan fingerprint density at radius 2 is 1.70 bits per heavy atom. The van der Waals surface area contributed by atoms with Gasteiger partial charge >= 0.3 is 6.03 Å². The van der Waals surface area contributed by atoms with Gasteiger partial charge in [-0.3, -0.25) is 19.3 Å². The molecule has 30 heavy (non-hydrogen) atoms. The van der Waals surface area contributed by atoms with E-state index in [1.54, 1.807) is 24.3 Å². The Morgan fingerprint density at radius 3 is 2.27 bits per heavy atom. The fourth-order valence-electron chi connectivity index (χ4n) is 3.10. The predicted octanol–water partition coefficient (Wildman–Crippen LogP) is 2.84. The molecule has 0 aromatic heterocycles. The van der Waals surface area contributed by atoms with Crippen LogP contribution in [0.15, 0.2) is 42.5 Å². The second-order valence-electron chi connectivity index (χ2n) is 6.88. The number of halogens is 2. The molecule has 8 nitrogen and oxygen atoms in total. The maximum atomic E-state index is 13.3. The second kappa shape index (κ2) is 8.11. The van der Waals surface area contributed by atoms with Crippen LogP contribution in [-0.4, -0.2) is 35.2 Å². The first-order chi connectivity index (χ1) is 14.1. The third-order valence-electron chi connectivity index (χ3n) is 4.54. The number of rotatable bonds is 5. The summed E-state index contributed by atoms with van der Waals surface area (Å²) in [5.41, 5.74) is -0.324. The van der Waals surface area contributed by atoms with Crippen molar-refractivity contribution in [3.05, 3.63) is 58.9 Å². The minimum atomic E-state index is -1.53. The first-order valence-corrected chi connectivity index (χ1v) is 9.25. The molecule has 5 amide bonds. The van der Waals surface area contributed by atoms with Gasteiger partial charge in [0.05, 0.1) is 0 Å². The molecule has 10 heteroatoms. The molecule has 1 saturated heterocycles. The Labute approximate surface area is 176 Å². The highest BCUT2D eigenvalue weighted by Crippen LogP contribution is 2.33. The lowest BCUT2D eigenvalue weighted by atomic mass is 9.92. The average molecular weight is 433 g/mol. The van der Waals surface area contributed by atoms with Gasteiger partial charge in [-0.1, -0.05) is 17.7 Å². The normalized spacial score (nSPS) is 18.2. The fourth-order valence-corrected chi connectivity index (χ4v) is 3.46. The smallest absolute Gasteiger partial charge is 0.325 e. The highest BCUT2D eigenvalue weighted by atomic mass is 35.5. The van der Waals surface area contributed by atoms with E-state index < -0.39 is 35.7 Å². The standard InChI is InChI=1S/C20H18ClFN4O4/c1-11(27)23-13-4-6-14(7-5-13)24-17(28)10-26-18(29)20(2,25-19(26)30)15-8-3-12(22)9-16(15)21/h3-9H,10H2,1-2H3,(H,23,27)(H,24,28)(H,25,30). The third-order valence-corrected chi connectivity index (χ3v) is 4.85. The number of imide groups is 1. The summed E-state index contributed by atoms with van der Waals surface area (Å²) in [6, 6.07) is 9.05. The van der Waals surface area contributed by atoms with E-state index in [1.165, 1.54) is 19.9 Å². The molecule has 3 rings (SSSR count). The molecule has 1 fully saturated rings. The molecule has 0 radical (unpaired) electrons. The van der Waals surface area contributed by atoms with Crippen LogP contribution in [0.3, 0.4) is 0 Å². The van der Waals surface area contributed by atoms with Gasteiger partial charge in [-0.25, -0.2) is 9.18 Å². The van der Waals surface area contributed by atoms with Crippen LogP contribution in [0.5, 0.6) is 0 Å². The molecular formula is C20H18ClFN4O4. The Morgan fingerprint density at radius 1 is 1.10 bits per heavy atom. The minimum Gasteiger partial charge on any atom is -0.326 e. The zero-order valence-corrected chi connectivity index (χ0v) is 16.8. The van der Waals surface area contributed by atoms with Crippen molar-refractivity contribution in [2.75, 3.05) is 17.2 Å². The SMILES string of the molecule is CC(=O)Nc1ccc(NC(=O)CN2C(=O)NC(C)(c3ccc(F)cc3Cl)C2=O)cc1. The van der Waals surface area contributed by atoms with Crippen LogP contribution < -0.4 is 16.0 Å². The molecule has 2 aromatic rings. The molecule has 0 spiro atoms. The third kappa shape index (κ3) is 4.25. The number of benzene rings is 2. The number of carbonyl (C=O) groups is 4. The molecule has 1 atom stereocenters. The molecule has 1 heterocycles. The zero-order valence-electron chi connectivity index (χ0n) is 16.1. The summed E-state index contributed by atoms with van der Waals surface area (Å²) in [6.45, 7) is 2.29. The number of hydrogen-bond donors (Lipinski definition) is 3. The molecule has 0 bridgehead atoms. The molecule has 0 saturated carbocycles. The molecular weight excluding hydrogens is 415 g/mol. The predicted molar refractivity (Wildman–Crippen MR) is 108 cm³/mol. The summed E-state index contributed by atoms with van der Waals surface area (Å²) < 4.78 is 13.3. The maximum absolute atomic E-state index is 13.3. The number of urea groups is 1. The molecule has 3 N–H and O–H groups in total. The first kappa shape index (κ1) is 21.3. The highest BCUT2D eigenvalue weighted by molar-refractivity contribution is 6.32.